The summed E-state index contributed by atoms with van der Waals surface area (Å²) in [7, 11) is 0. The molecule has 42 heavy (non-hydrogen) atoms. The van der Waals surface area contributed by atoms with Gasteiger partial charge in [-0.3, -0.25) is 5.32 Å². The second kappa shape index (κ2) is 13.6. The Bertz CT molecular complexity index is 1550. The Morgan fingerprint density at radius 2 is 1.86 bits per heavy atom. The molecule has 0 aliphatic carbocycles. The molecule has 0 aliphatic rings. The van der Waals surface area contributed by atoms with Gasteiger partial charge in [0.2, 0.25) is 0 Å². The molecule has 0 unspecified atom stereocenters. The summed E-state index contributed by atoms with van der Waals surface area (Å²) in [6, 6.07) is 18.5. The highest BCUT2D eigenvalue weighted by Crippen LogP contribution is 2.29. The maximum atomic E-state index is 12.8. The summed E-state index contributed by atoms with van der Waals surface area (Å²) in [5.74, 6) is 1.13. The van der Waals surface area contributed by atoms with E-state index < -0.39 is 6.36 Å². The first-order valence-corrected chi connectivity index (χ1v) is 14.2. The van der Waals surface area contributed by atoms with E-state index in [2.05, 4.69) is 51.4 Å². The van der Waals surface area contributed by atoms with E-state index >= 15 is 0 Å². The van der Waals surface area contributed by atoms with Crippen molar-refractivity contribution in [3.8, 4) is 22.8 Å². The zero-order valence-corrected chi connectivity index (χ0v) is 24.4. The fourth-order valence-electron chi connectivity index (χ4n) is 4.05. The van der Waals surface area contributed by atoms with Gasteiger partial charge in [0.1, 0.15) is 12.1 Å². The minimum Gasteiger partial charge on any atom is -0.406 e. The molecule has 1 aromatic heterocycles. The van der Waals surface area contributed by atoms with Gasteiger partial charge in [-0.15, -0.1) is 18.3 Å². The van der Waals surface area contributed by atoms with Gasteiger partial charge in [-0.1, -0.05) is 62.9 Å². The Hall–Kier alpha value is -4.32. The molecule has 12 heteroatoms. The molecule has 0 bridgehead atoms. The van der Waals surface area contributed by atoms with Gasteiger partial charge in [-0.05, 0) is 71.7 Å². The Labute approximate surface area is 246 Å². The smallest absolute Gasteiger partial charge is 0.406 e. The fraction of sp³-hybridized carbons (Fsp3) is 0.267. The summed E-state index contributed by atoms with van der Waals surface area (Å²) in [6.45, 7) is 8.49. The largest absolute Gasteiger partial charge is 0.573 e. The number of urea groups is 1. The van der Waals surface area contributed by atoms with Crippen molar-refractivity contribution in [1.29, 1.82) is 0 Å². The lowest BCUT2D eigenvalue weighted by Crippen LogP contribution is -2.38. The lowest BCUT2D eigenvalue weighted by atomic mass is 10.00. The van der Waals surface area contributed by atoms with E-state index in [-0.39, 0.29) is 24.2 Å². The van der Waals surface area contributed by atoms with Crippen LogP contribution in [0.3, 0.4) is 0 Å². The van der Waals surface area contributed by atoms with Crippen LogP contribution in [0.5, 0.6) is 5.75 Å². The molecule has 4 rings (SSSR count). The highest BCUT2D eigenvalue weighted by Gasteiger charge is 2.31. The molecule has 0 fully saturated rings. The van der Waals surface area contributed by atoms with E-state index in [4.69, 9.17) is 4.99 Å². The molecule has 0 atom stereocenters. The zero-order valence-electron chi connectivity index (χ0n) is 23.6. The van der Waals surface area contributed by atoms with Crippen molar-refractivity contribution in [2.24, 2.45) is 4.99 Å². The normalized spacial score (nSPS) is 12.0. The van der Waals surface area contributed by atoms with Crippen molar-refractivity contribution in [3.63, 3.8) is 0 Å². The summed E-state index contributed by atoms with van der Waals surface area (Å²) < 4.78 is 42.6. The Morgan fingerprint density at radius 3 is 2.55 bits per heavy atom. The summed E-state index contributed by atoms with van der Waals surface area (Å²) in [4.78, 5) is 21.9. The van der Waals surface area contributed by atoms with Crippen LogP contribution in [-0.2, 0) is 6.54 Å². The van der Waals surface area contributed by atoms with Crippen LogP contribution in [-0.4, -0.2) is 38.1 Å². The third kappa shape index (κ3) is 8.59. The number of carbonyl (C=O) groups excluding carboxylic acids is 1. The number of amides is 2. The van der Waals surface area contributed by atoms with E-state index in [9.17, 15) is 18.0 Å². The van der Waals surface area contributed by atoms with Gasteiger partial charge in [0.15, 0.2) is 11.0 Å². The van der Waals surface area contributed by atoms with Gasteiger partial charge in [0.25, 0.3) is 0 Å². The number of nitrogens with one attached hydrogen (secondary N) is 2. The van der Waals surface area contributed by atoms with Gasteiger partial charge in [-0.25, -0.2) is 19.5 Å². The van der Waals surface area contributed by atoms with Crippen LogP contribution in [0.15, 0.2) is 78.0 Å². The monoisotopic (exact) mass is 596 g/mol. The number of amidine groups is 1. The van der Waals surface area contributed by atoms with E-state index in [1.54, 1.807) is 0 Å². The van der Waals surface area contributed by atoms with Crippen LogP contribution in [0, 0.1) is 6.92 Å². The standard InChI is InChI=1S/C30H31F3N6O2S/c1-5-42-29(36-26-15-20(4)9-14-25(26)19(2)3)37-28(40)34-17-21-7-6-8-22(16-21)27-35-18-39(38-27)23-10-12-24(13-11-23)41-30(31,32)33/h6-16,18-19H,5,17H2,1-4H3,(H2,34,36,37,40). The third-order valence-corrected chi connectivity index (χ3v) is 6.75. The number of carbonyl (C=O) groups is 1. The Kier molecular flexibility index (Phi) is 9.89. The molecule has 3 aromatic carbocycles. The average molecular weight is 597 g/mol. The SMILES string of the molecule is CCSC(=Nc1cc(C)ccc1C(C)C)NC(=O)NCc1cccc(-c2ncn(-c3ccc(OC(F)(F)F)cc3)n2)c1. The number of halogens is 3. The lowest BCUT2D eigenvalue weighted by molar-refractivity contribution is -0.274. The van der Waals surface area contributed by atoms with Crippen LogP contribution in [0.4, 0.5) is 23.7 Å². The molecule has 0 saturated heterocycles. The van der Waals surface area contributed by atoms with Crippen molar-refractivity contribution in [3.05, 3.63) is 89.7 Å². The molecular weight excluding hydrogens is 565 g/mol. The van der Waals surface area contributed by atoms with E-state index in [1.165, 1.54) is 47.0 Å². The lowest BCUT2D eigenvalue weighted by Gasteiger charge is -2.13. The van der Waals surface area contributed by atoms with Gasteiger partial charge in [-0.2, -0.15) is 0 Å². The first-order chi connectivity index (χ1) is 20.0. The molecule has 4 aromatic rings. The Balaban J connectivity index is 1.41. The molecule has 1 heterocycles. The van der Waals surface area contributed by atoms with Crippen LogP contribution >= 0.6 is 11.8 Å². The molecule has 0 radical (unpaired) electrons. The van der Waals surface area contributed by atoms with Gasteiger partial charge in [0.05, 0.1) is 11.4 Å². The zero-order chi connectivity index (χ0) is 30.3. The maximum Gasteiger partial charge on any atom is 0.573 e. The molecule has 0 aliphatic heterocycles. The molecule has 220 valence electrons. The maximum absolute atomic E-state index is 12.8. The van der Waals surface area contributed by atoms with E-state index in [0.29, 0.717) is 16.7 Å². The third-order valence-electron chi connectivity index (χ3n) is 6.00. The predicted octanol–water partition coefficient (Wildman–Crippen LogP) is 7.50. The highest BCUT2D eigenvalue weighted by molar-refractivity contribution is 8.13. The fourth-order valence-corrected chi connectivity index (χ4v) is 4.65. The second-order valence-electron chi connectivity index (χ2n) is 9.63. The van der Waals surface area contributed by atoms with Gasteiger partial charge < -0.3 is 10.1 Å². The summed E-state index contributed by atoms with van der Waals surface area (Å²) in [6.07, 6.45) is -3.29. The second-order valence-corrected chi connectivity index (χ2v) is 10.9. The number of aliphatic imine (C=N–C) groups is 1. The molecular formula is C30H31F3N6O2S. The molecule has 0 saturated carbocycles. The Morgan fingerprint density at radius 1 is 1.10 bits per heavy atom. The predicted molar refractivity (Wildman–Crippen MR) is 159 cm³/mol. The molecule has 2 amide bonds. The minimum atomic E-state index is -4.76. The number of rotatable bonds is 8. The number of hydrogen-bond donors (Lipinski definition) is 2. The van der Waals surface area contributed by atoms with Gasteiger partial charge in [0, 0.05) is 12.1 Å². The minimum absolute atomic E-state index is 0.257. The van der Waals surface area contributed by atoms with Crippen LogP contribution < -0.4 is 15.4 Å². The molecule has 2 N–H and O–H groups in total. The summed E-state index contributed by atoms with van der Waals surface area (Å²) in [5.41, 5.74) is 5.11. The van der Waals surface area contributed by atoms with E-state index in [1.807, 2.05) is 44.2 Å². The van der Waals surface area contributed by atoms with Crippen LogP contribution in [0.1, 0.15) is 43.4 Å². The number of aromatic nitrogens is 3. The quantitative estimate of drug-likeness (QED) is 0.162. The van der Waals surface area contributed by atoms with Crippen molar-refractivity contribution >= 4 is 28.6 Å². The van der Waals surface area contributed by atoms with Crippen molar-refractivity contribution < 1.29 is 22.7 Å². The number of thioether (sulfide) groups is 1. The summed E-state index contributed by atoms with van der Waals surface area (Å²) >= 11 is 1.45. The highest BCUT2D eigenvalue weighted by atomic mass is 32.2. The number of hydrogen-bond acceptors (Lipinski definition) is 6. The molecule has 0 spiro atoms. The first kappa shape index (κ1) is 30.6. The van der Waals surface area contributed by atoms with Gasteiger partial charge >= 0.3 is 12.4 Å². The van der Waals surface area contributed by atoms with Crippen molar-refractivity contribution in [2.75, 3.05) is 5.75 Å². The van der Waals surface area contributed by atoms with Crippen molar-refractivity contribution in [2.45, 2.75) is 46.5 Å². The number of aryl methyl sites for hydroxylation is 1. The average Bonchev–Trinajstić information content (AvgIpc) is 3.42. The molecule has 8 nitrogen and oxygen atoms in total. The summed E-state index contributed by atoms with van der Waals surface area (Å²) in [5, 5.41) is 10.7. The van der Waals surface area contributed by atoms with Crippen LogP contribution in [0.2, 0.25) is 0 Å². The van der Waals surface area contributed by atoms with Crippen LogP contribution in [0.25, 0.3) is 17.1 Å². The number of alkyl halides is 3. The number of benzene rings is 3. The number of ether oxygens (including phenoxy) is 1. The number of nitrogens with zero attached hydrogens (tertiary/aromatic N) is 4. The van der Waals surface area contributed by atoms with E-state index in [0.717, 1.165) is 33.7 Å². The first-order valence-electron chi connectivity index (χ1n) is 13.2. The van der Waals surface area contributed by atoms with Crippen molar-refractivity contribution in [1.82, 2.24) is 25.4 Å². The topological polar surface area (TPSA) is 93.4 Å².